The standard InChI is InChI=1S/C12H22O2.C11H3F17O2.C8H12O2/c1-3-5-6-7-8-9-10-11-14-12(13)4-2;1-2-3(29)30-11(27,28)9(22,23)7(18,19)5(14,15)4(12,13)6(16,17)8(20,21)10(24,25)26;1-2-8(9)10-7-5-3-4-6-7/h4H,2-3,5-11H2,1H3;2H,1H2;2,7H,1,3-6H2. The summed E-state index contributed by atoms with van der Waals surface area (Å²) in [6.45, 7) is 11.7. The van der Waals surface area contributed by atoms with Gasteiger partial charge in [0.25, 0.3) is 0 Å². The summed E-state index contributed by atoms with van der Waals surface area (Å²) >= 11 is 0. The molecule has 54 heavy (non-hydrogen) atoms. The van der Waals surface area contributed by atoms with Crippen LogP contribution in [0.4, 0.5) is 74.6 Å². The molecule has 1 aliphatic carbocycles. The summed E-state index contributed by atoms with van der Waals surface area (Å²) in [6, 6.07) is 0. The average molecular weight is 829 g/mol. The molecule has 1 fully saturated rings. The van der Waals surface area contributed by atoms with Crippen LogP contribution in [0.5, 0.6) is 0 Å². The molecule has 0 aromatic heterocycles. The summed E-state index contributed by atoms with van der Waals surface area (Å²) in [5.41, 5.74) is 0. The van der Waals surface area contributed by atoms with Crippen LogP contribution in [-0.2, 0) is 28.6 Å². The van der Waals surface area contributed by atoms with E-state index in [9.17, 15) is 89.0 Å². The highest BCUT2D eigenvalue weighted by Gasteiger charge is 2.95. The Morgan fingerprint density at radius 1 is 0.537 bits per heavy atom. The summed E-state index contributed by atoms with van der Waals surface area (Å²) in [5.74, 6) is -54.2. The smallest absolute Gasteiger partial charge is 0.463 e. The van der Waals surface area contributed by atoms with Crippen molar-refractivity contribution >= 4 is 17.9 Å². The third kappa shape index (κ3) is 13.0. The molecule has 0 radical (unpaired) electrons. The summed E-state index contributed by atoms with van der Waals surface area (Å²) in [6.07, 6.45) is 0.196. The summed E-state index contributed by atoms with van der Waals surface area (Å²) in [5, 5.41) is 0. The van der Waals surface area contributed by atoms with Crippen molar-refractivity contribution in [1.29, 1.82) is 0 Å². The minimum Gasteiger partial charge on any atom is -0.463 e. The highest BCUT2D eigenvalue weighted by atomic mass is 19.4. The number of unbranched alkanes of at least 4 members (excludes halogenated alkanes) is 6. The van der Waals surface area contributed by atoms with Crippen LogP contribution < -0.4 is 0 Å². The van der Waals surface area contributed by atoms with Crippen LogP contribution in [0, 0.1) is 0 Å². The van der Waals surface area contributed by atoms with E-state index < -0.39 is 59.9 Å². The predicted molar refractivity (Wildman–Crippen MR) is 155 cm³/mol. The molecule has 0 spiro atoms. The Bertz CT molecular complexity index is 1230. The lowest BCUT2D eigenvalue weighted by Crippen LogP contribution is -2.74. The summed E-state index contributed by atoms with van der Waals surface area (Å²) in [7, 11) is 0. The molecule has 0 amide bonds. The van der Waals surface area contributed by atoms with Crippen molar-refractivity contribution in [2.75, 3.05) is 6.61 Å². The molecule has 0 N–H and O–H groups in total. The number of ether oxygens (including phenoxy) is 3. The quantitative estimate of drug-likeness (QED) is 0.0424. The predicted octanol–water partition coefficient (Wildman–Crippen LogP) is 10.8. The second kappa shape index (κ2) is 20.9. The third-order valence-corrected chi connectivity index (χ3v) is 7.00. The van der Waals surface area contributed by atoms with Gasteiger partial charge in [0.15, 0.2) is 0 Å². The molecular formula is C31H37F17O6. The maximum absolute atomic E-state index is 13.2. The van der Waals surface area contributed by atoms with E-state index >= 15 is 0 Å². The minimum absolute atomic E-state index is 0.172. The van der Waals surface area contributed by atoms with E-state index in [0.717, 1.165) is 25.7 Å². The van der Waals surface area contributed by atoms with Gasteiger partial charge in [-0.05, 0) is 32.1 Å². The number of esters is 3. The lowest BCUT2D eigenvalue weighted by atomic mass is 9.90. The highest BCUT2D eigenvalue weighted by Crippen LogP contribution is 2.64. The molecule has 0 bridgehead atoms. The van der Waals surface area contributed by atoms with E-state index in [1.807, 2.05) is 0 Å². The fourth-order valence-corrected chi connectivity index (χ4v) is 3.89. The largest absolute Gasteiger partial charge is 0.473 e. The first kappa shape index (κ1) is 52.5. The van der Waals surface area contributed by atoms with Gasteiger partial charge in [-0.25, -0.2) is 14.4 Å². The van der Waals surface area contributed by atoms with Gasteiger partial charge in [-0.3, -0.25) is 0 Å². The van der Waals surface area contributed by atoms with Gasteiger partial charge in [0, 0.05) is 18.2 Å². The molecule has 1 saturated carbocycles. The van der Waals surface area contributed by atoms with Gasteiger partial charge >= 0.3 is 65.7 Å². The number of carbonyl (C=O) groups is 3. The number of hydrogen-bond donors (Lipinski definition) is 0. The SMILES string of the molecule is C=CC(=O)OC(F)(F)C(F)(F)C(F)(F)C(F)(F)C(F)(F)C(F)(F)C(F)(F)C(F)(F)F.C=CC(=O)OC1CCCC1.C=CC(=O)OCCCCCCCCC. The van der Waals surface area contributed by atoms with E-state index in [4.69, 9.17) is 9.47 Å². The normalized spacial score (nSPS) is 14.8. The van der Waals surface area contributed by atoms with Gasteiger partial charge in [-0.2, -0.15) is 74.6 Å². The van der Waals surface area contributed by atoms with Crippen molar-refractivity contribution in [1.82, 2.24) is 0 Å². The summed E-state index contributed by atoms with van der Waals surface area (Å²) in [4.78, 5) is 31.6. The molecule has 316 valence electrons. The lowest BCUT2D eigenvalue weighted by Gasteiger charge is -2.42. The van der Waals surface area contributed by atoms with Crippen LogP contribution in [0.25, 0.3) is 0 Å². The highest BCUT2D eigenvalue weighted by molar-refractivity contribution is 5.82. The van der Waals surface area contributed by atoms with Crippen LogP contribution >= 0.6 is 0 Å². The van der Waals surface area contributed by atoms with Gasteiger partial charge in [0.2, 0.25) is 0 Å². The minimum atomic E-state index is -8.73. The molecule has 0 aromatic rings. The second-order valence-electron chi connectivity index (χ2n) is 11.1. The maximum Gasteiger partial charge on any atom is 0.473 e. The van der Waals surface area contributed by atoms with E-state index in [2.05, 4.69) is 31.4 Å². The molecular weight excluding hydrogens is 791 g/mol. The lowest BCUT2D eigenvalue weighted by molar-refractivity contribution is -0.473. The average Bonchev–Trinajstić information content (AvgIpc) is 3.58. The van der Waals surface area contributed by atoms with Crippen molar-refractivity contribution in [2.45, 2.75) is 131 Å². The zero-order valence-corrected chi connectivity index (χ0v) is 28.3. The molecule has 0 atom stereocenters. The van der Waals surface area contributed by atoms with Crippen molar-refractivity contribution < 1.29 is 103 Å². The molecule has 0 unspecified atom stereocenters. The van der Waals surface area contributed by atoms with E-state index in [1.54, 1.807) is 0 Å². The molecule has 0 heterocycles. The van der Waals surface area contributed by atoms with Crippen LogP contribution in [-0.4, -0.2) is 78.4 Å². The molecule has 0 saturated heterocycles. The molecule has 0 aromatic carbocycles. The van der Waals surface area contributed by atoms with Crippen molar-refractivity contribution in [3.05, 3.63) is 38.0 Å². The Balaban J connectivity index is 0. The van der Waals surface area contributed by atoms with Crippen molar-refractivity contribution in [3.63, 3.8) is 0 Å². The van der Waals surface area contributed by atoms with Gasteiger partial charge < -0.3 is 14.2 Å². The second-order valence-corrected chi connectivity index (χ2v) is 11.1. The molecule has 6 nitrogen and oxygen atoms in total. The Morgan fingerprint density at radius 3 is 1.30 bits per heavy atom. The Hall–Kier alpha value is -3.56. The molecule has 23 heteroatoms. The van der Waals surface area contributed by atoms with Gasteiger partial charge in [0.1, 0.15) is 6.10 Å². The molecule has 1 aliphatic rings. The maximum atomic E-state index is 13.2. The Kier molecular flexibility index (Phi) is 20.4. The first-order valence-electron chi connectivity index (χ1n) is 15.5. The monoisotopic (exact) mass is 828 g/mol. The van der Waals surface area contributed by atoms with Crippen LogP contribution in [0.2, 0.25) is 0 Å². The van der Waals surface area contributed by atoms with Crippen LogP contribution in [0.1, 0.15) is 77.6 Å². The van der Waals surface area contributed by atoms with E-state index in [-0.39, 0.29) is 18.0 Å². The van der Waals surface area contributed by atoms with Crippen molar-refractivity contribution in [2.24, 2.45) is 0 Å². The van der Waals surface area contributed by atoms with Gasteiger partial charge in [-0.1, -0.05) is 65.2 Å². The number of rotatable bonds is 19. The zero-order valence-electron chi connectivity index (χ0n) is 28.3. The van der Waals surface area contributed by atoms with Crippen molar-refractivity contribution in [3.8, 4) is 0 Å². The fourth-order valence-electron chi connectivity index (χ4n) is 3.89. The topological polar surface area (TPSA) is 78.9 Å². The summed E-state index contributed by atoms with van der Waals surface area (Å²) < 4.78 is 230. The Morgan fingerprint density at radius 2 is 0.907 bits per heavy atom. The van der Waals surface area contributed by atoms with E-state index in [0.29, 0.717) is 6.61 Å². The zero-order chi connectivity index (χ0) is 43.0. The Labute approximate surface area is 297 Å². The van der Waals surface area contributed by atoms with Crippen LogP contribution in [0.15, 0.2) is 38.0 Å². The number of alkyl halides is 17. The van der Waals surface area contributed by atoms with E-state index in [1.165, 1.54) is 57.1 Å². The first-order valence-corrected chi connectivity index (χ1v) is 15.5. The molecule has 0 aliphatic heterocycles. The van der Waals surface area contributed by atoms with Crippen LogP contribution in [0.3, 0.4) is 0 Å². The number of halogens is 17. The third-order valence-electron chi connectivity index (χ3n) is 7.00. The number of carbonyl (C=O) groups excluding carboxylic acids is 3. The molecule has 1 rings (SSSR count). The number of hydrogen-bond acceptors (Lipinski definition) is 6. The van der Waals surface area contributed by atoms with Gasteiger partial charge in [0.05, 0.1) is 6.61 Å². The first-order chi connectivity index (χ1) is 24.3. The fraction of sp³-hybridized carbons (Fsp3) is 0.710. The van der Waals surface area contributed by atoms with Gasteiger partial charge in [-0.15, -0.1) is 0 Å².